The lowest BCUT2D eigenvalue weighted by atomic mass is 9.89. The minimum Gasteiger partial charge on any atom is -0.314 e. The lowest BCUT2D eigenvalue weighted by Crippen LogP contribution is -2.25. The predicted molar refractivity (Wildman–Crippen MR) is 108 cm³/mol. The average Bonchev–Trinajstić information content (AvgIpc) is 2.63. The highest BCUT2D eigenvalue weighted by Crippen LogP contribution is 2.28. The summed E-state index contributed by atoms with van der Waals surface area (Å²) in [5, 5.41) is 4.18. The minimum atomic E-state index is 0.471. The molecule has 0 aliphatic carbocycles. The van der Waals surface area contributed by atoms with E-state index in [1.165, 1.54) is 24.0 Å². The maximum absolute atomic E-state index is 5.91. The molecule has 2 aromatic carbocycles. The number of hydrogen-bond donors (Lipinski definition) is 1. The third-order valence-electron chi connectivity index (χ3n) is 4.24. The Labute approximate surface area is 153 Å². The number of benzene rings is 2. The molecule has 2 rings (SSSR count). The van der Waals surface area contributed by atoms with E-state index in [1.807, 2.05) is 12.1 Å². The third kappa shape index (κ3) is 7.51. The molecule has 2 unspecified atom stereocenters. The summed E-state index contributed by atoms with van der Waals surface area (Å²) in [6.45, 7) is 9.99. The van der Waals surface area contributed by atoms with Gasteiger partial charge in [-0.15, -0.1) is 0 Å². The molecule has 0 aliphatic rings. The minimum absolute atomic E-state index is 0.471. The van der Waals surface area contributed by atoms with Crippen LogP contribution in [0.25, 0.3) is 0 Å². The molecule has 2 heteroatoms. The first-order valence-electron chi connectivity index (χ1n) is 9.16. The summed E-state index contributed by atoms with van der Waals surface area (Å²) >= 11 is 5.91. The van der Waals surface area contributed by atoms with Crippen molar-refractivity contribution in [3.63, 3.8) is 0 Å². The van der Waals surface area contributed by atoms with E-state index in [1.54, 1.807) is 0 Å². The molecule has 0 aromatic heterocycles. The fourth-order valence-corrected chi connectivity index (χ4v) is 2.71. The van der Waals surface area contributed by atoms with Crippen molar-refractivity contribution >= 4 is 11.6 Å². The molecule has 0 amide bonds. The Hall–Kier alpha value is -1.31. The van der Waals surface area contributed by atoms with Gasteiger partial charge in [-0.25, -0.2) is 0 Å². The van der Waals surface area contributed by atoms with E-state index >= 15 is 0 Å². The molecule has 0 fully saturated rings. The second-order valence-corrected chi connectivity index (χ2v) is 6.62. The van der Waals surface area contributed by atoms with E-state index in [0.29, 0.717) is 12.0 Å². The molecule has 1 N–H and O–H groups in total. The molecule has 1 nitrogen and oxygen atoms in total. The van der Waals surface area contributed by atoms with E-state index < -0.39 is 0 Å². The monoisotopic (exact) mass is 345 g/mol. The Morgan fingerprint density at radius 1 is 0.833 bits per heavy atom. The number of rotatable bonds is 7. The van der Waals surface area contributed by atoms with E-state index in [9.17, 15) is 0 Å². The Morgan fingerprint density at radius 2 is 1.42 bits per heavy atom. The summed E-state index contributed by atoms with van der Waals surface area (Å²) in [5.74, 6) is 0.471. The standard InChI is InChI=1S/C15H15Cl.C7H17N/c1-2-15(12-6-4-3-5-7-12)13-8-10-14(16)11-9-13;1-4-6-8-7(3)5-2/h3-11,15H,2H2,1H3;7-8H,4-6H2,1-3H3. The zero-order chi connectivity index (χ0) is 17.8. The molecular formula is C22H32ClN. The summed E-state index contributed by atoms with van der Waals surface area (Å²) in [6.07, 6.45) is 3.58. The molecule has 0 radical (unpaired) electrons. The number of nitrogens with one attached hydrogen (secondary N) is 1. The molecule has 0 bridgehead atoms. The summed E-state index contributed by atoms with van der Waals surface area (Å²) in [6, 6.07) is 19.5. The largest absolute Gasteiger partial charge is 0.314 e. The van der Waals surface area contributed by atoms with Gasteiger partial charge in [-0.1, -0.05) is 74.8 Å². The van der Waals surface area contributed by atoms with E-state index in [-0.39, 0.29) is 0 Å². The Bertz CT molecular complexity index is 536. The van der Waals surface area contributed by atoms with Crippen LogP contribution in [0.4, 0.5) is 0 Å². The van der Waals surface area contributed by atoms with Gasteiger partial charge in [-0.2, -0.15) is 0 Å². The van der Waals surface area contributed by atoms with Crippen molar-refractivity contribution in [2.75, 3.05) is 6.54 Å². The van der Waals surface area contributed by atoms with Crippen LogP contribution in [0.3, 0.4) is 0 Å². The summed E-state index contributed by atoms with van der Waals surface area (Å²) in [5.41, 5.74) is 2.70. The van der Waals surface area contributed by atoms with Crippen LogP contribution in [0, 0.1) is 0 Å². The first-order chi connectivity index (χ1) is 11.6. The maximum Gasteiger partial charge on any atom is 0.0406 e. The Morgan fingerprint density at radius 3 is 1.92 bits per heavy atom. The summed E-state index contributed by atoms with van der Waals surface area (Å²) < 4.78 is 0. The zero-order valence-electron chi connectivity index (χ0n) is 15.6. The van der Waals surface area contributed by atoms with Crippen LogP contribution in [-0.4, -0.2) is 12.6 Å². The smallest absolute Gasteiger partial charge is 0.0406 e. The third-order valence-corrected chi connectivity index (χ3v) is 4.49. The van der Waals surface area contributed by atoms with Crippen molar-refractivity contribution in [2.24, 2.45) is 0 Å². The molecule has 2 atom stereocenters. The van der Waals surface area contributed by atoms with Crippen LogP contribution in [0.1, 0.15) is 64.0 Å². The highest BCUT2D eigenvalue weighted by Gasteiger charge is 2.10. The van der Waals surface area contributed by atoms with Gasteiger partial charge in [0.05, 0.1) is 0 Å². The predicted octanol–water partition coefficient (Wildman–Crippen LogP) is 6.67. The maximum atomic E-state index is 5.91. The van der Waals surface area contributed by atoms with Gasteiger partial charge >= 0.3 is 0 Å². The molecule has 0 saturated heterocycles. The normalized spacial score (nSPS) is 12.9. The van der Waals surface area contributed by atoms with Gasteiger partial charge in [0.15, 0.2) is 0 Å². The first kappa shape index (κ1) is 20.7. The summed E-state index contributed by atoms with van der Waals surface area (Å²) in [4.78, 5) is 0. The van der Waals surface area contributed by atoms with Gasteiger partial charge in [0.25, 0.3) is 0 Å². The van der Waals surface area contributed by atoms with Gasteiger partial charge in [-0.05, 0) is 56.0 Å². The van der Waals surface area contributed by atoms with Gasteiger partial charge in [0.2, 0.25) is 0 Å². The number of halogens is 1. The van der Waals surface area contributed by atoms with Crippen LogP contribution >= 0.6 is 11.6 Å². The average molecular weight is 346 g/mol. The van der Waals surface area contributed by atoms with E-state index in [0.717, 1.165) is 18.0 Å². The summed E-state index contributed by atoms with van der Waals surface area (Å²) in [7, 11) is 0. The van der Waals surface area contributed by atoms with Gasteiger partial charge in [0.1, 0.15) is 0 Å². The SMILES string of the molecule is CCC(c1ccccc1)c1ccc(Cl)cc1.CCCNC(C)CC. The fraction of sp³-hybridized carbons (Fsp3) is 0.455. The lowest BCUT2D eigenvalue weighted by Gasteiger charge is -2.15. The molecule has 0 saturated carbocycles. The lowest BCUT2D eigenvalue weighted by molar-refractivity contribution is 0.533. The fourth-order valence-electron chi connectivity index (χ4n) is 2.58. The van der Waals surface area contributed by atoms with Gasteiger partial charge < -0.3 is 5.32 Å². The van der Waals surface area contributed by atoms with Crippen molar-refractivity contribution in [3.05, 3.63) is 70.7 Å². The Kier molecular flexibility index (Phi) is 10.5. The molecule has 0 heterocycles. The van der Waals surface area contributed by atoms with Crippen molar-refractivity contribution in [2.45, 2.75) is 58.9 Å². The molecule has 0 aliphatic heterocycles. The highest BCUT2D eigenvalue weighted by atomic mass is 35.5. The Balaban J connectivity index is 0.000000307. The molecule has 132 valence electrons. The van der Waals surface area contributed by atoms with Crippen LogP contribution in [0.2, 0.25) is 5.02 Å². The van der Waals surface area contributed by atoms with Gasteiger partial charge in [0, 0.05) is 17.0 Å². The van der Waals surface area contributed by atoms with Crippen LogP contribution < -0.4 is 5.32 Å². The second kappa shape index (κ2) is 12.1. The van der Waals surface area contributed by atoms with Crippen LogP contribution in [-0.2, 0) is 0 Å². The topological polar surface area (TPSA) is 12.0 Å². The van der Waals surface area contributed by atoms with Crippen LogP contribution in [0.5, 0.6) is 0 Å². The zero-order valence-corrected chi connectivity index (χ0v) is 16.3. The van der Waals surface area contributed by atoms with Crippen LogP contribution in [0.15, 0.2) is 54.6 Å². The van der Waals surface area contributed by atoms with E-state index in [4.69, 9.17) is 11.6 Å². The quantitative estimate of drug-likeness (QED) is 0.591. The van der Waals surface area contributed by atoms with Gasteiger partial charge in [-0.3, -0.25) is 0 Å². The first-order valence-corrected chi connectivity index (χ1v) is 9.53. The van der Waals surface area contributed by atoms with Crippen molar-refractivity contribution in [3.8, 4) is 0 Å². The second-order valence-electron chi connectivity index (χ2n) is 6.19. The van der Waals surface area contributed by atoms with E-state index in [2.05, 4.69) is 75.5 Å². The molecule has 24 heavy (non-hydrogen) atoms. The van der Waals surface area contributed by atoms with Crippen molar-refractivity contribution in [1.29, 1.82) is 0 Å². The van der Waals surface area contributed by atoms with Crippen molar-refractivity contribution in [1.82, 2.24) is 5.32 Å². The molecule has 0 spiro atoms. The van der Waals surface area contributed by atoms with Crippen molar-refractivity contribution < 1.29 is 0 Å². The molecular weight excluding hydrogens is 314 g/mol. The molecule has 2 aromatic rings. The number of hydrogen-bond acceptors (Lipinski definition) is 1. The highest BCUT2D eigenvalue weighted by molar-refractivity contribution is 6.30.